The van der Waals surface area contributed by atoms with E-state index in [0.29, 0.717) is 17.3 Å². The predicted octanol–water partition coefficient (Wildman–Crippen LogP) is 1.23. The molecule has 70 valence electrons. The van der Waals surface area contributed by atoms with Gasteiger partial charge in [-0.15, -0.1) is 0 Å². The van der Waals surface area contributed by atoms with Crippen LogP contribution in [-0.2, 0) is 0 Å². The molecule has 0 fully saturated rings. The normalized spacial score (nSPS) is 11.4. The monoisotopic (exact) mass is 178 g/mol. The highest BCUT2D eigenvalue weighted by molar-refractivity contribution is 5.84. The van der Waals surface area contributed by atoms with Gasteiger partial charge in [-0.25, -0.2) is 9.97 Å². The third-order valence-electron chi connectivity index (χ3n) is 1.74. The third kappa shape index (κ3) is 2.02. The summed E-state index contributed by atoms with van der Waals surface area (Å²) in [6, 6.07) is 0. The summed E-state index contributed by atoms with van der Waals surface area (Å²) in [6.45, 7) is 4.09. The molecular weight excluding hydrogens is 164 g/mol. The summed E-state index contributed by atoms with van der Waals surface area (Å²) in [7, 11) is 1.69. The Morgan fingerprint density at radius 3 is 2.69 bits per heavy atom. The van der Waals surface area contributed by atoms with E-state index in [1.807, 2.05) is 13.8 Å². The fourth-order valence-corrected chi connectivity index (χ4v) is 1.11. The van der Waals surface area contributed by atoms with Crippen molar-refractivity contribution < 1.29 is 0 Å². The van der Waals surface area contributed by atoms with E-state index in [1.54, 1.807) is 13.3 Å². The molecule has 2 N–H and O–H groups in total. The van der Waals surface area contributed by atoms with Gasteiger partial charge in [-0.1, -0.05) is 13.8 Å². The highest BCUT2D eigenvalue weighted by Crippen LogP contribution is 2.19. The van der Waals surface area contributed by atoms with Crippen LogP contribution in [0.2, 0.25) is 0 Å². The zero-order chi connectivity index (χ0) is 9.84. The molecule has 0 aliphatic carbocycles. The van der Waals surface area contributed by atoms with Crippen molar-refractivity contribution in [2.45, 2.75) is 19.8 Å². The SMILES string of the molecule is CN=Cc1ncnc(C(C)C)c1N. The van der Waals surface area contributed by atoms with E-state index in [9.17, 15) is 0 Å². The molecule has 1 aromatic rings. The summed E-state index contributed by atoms with van der Waals surface area (Å²) in [4.78, 5) is 12.0. The summed E-state index contributed by atoms with van der Waals surface area (Å²) in [5.41, 5.74) is 8.06. The van der Waals surface area contributed by atoms with Crippen molar-refractivity contribution in [2.75, 3.05) is 12.8 Å². The number of nitrogens with zero attached hydrogens (tertiary/aromatic N) is 3. The van der Waals surface area contributed by atoms with E-state index in [4.69, 9.17) is 5.73 Å². The maximum absolute atomic E-state index is 5.85. The molecule has 0 aromatic carbocycles. The van der Waals surface area contributed by atoms with Gasteiger partial charge in [0.15, 0.2) is 0 Å². The van der Waals surface area contributed by atoms with E-state index in [2.05, 4.69) is 15.0 Å². The lowest BCUT2D eigenvalue weighted by molar-refractivity contribution is 0.817. The van der Waals surface area contributed by atoms with Crippen LogP contribution >= 0.6 is 0 Å². The first-order valence-electron chi connectivity index (χ1n) is 4.19. The Hall–Kier alpha value is -1.45. The van der Waals surface area contributed by atoms with E-state index in [-0.39, 0.29) is 0 Å². The van der Waals surface area contributed by atoms with E-state index < -0.39 is 0 Å². The zero-order valence-electron chi connectivity index (χ0n) is 8.15. The van der Waals surface area contributed by atoms with Gasteiger partial charge in [-0.2, -0.15) is 0 Å². The maximum atomic E-state index is 5.85. The lowest BCUT2D eigenvalue weighted by Crippen LogP contribution is -2.05. The molecule has 0 spiro atoms. The number of hydrogen-bond donors (Lipinski definition) is 1. The van der Waals surface area contributed by atoms with Crippen molar-refractivity contribution >= 4 is 11.9 Å². The fourth-order valence-electron chi connectivity index (χ4n) is 1.11. The molecule has 0 amide bonds. The van der Waals surface area contributed by atoms with E-state index in [1.165, 1.54) is 6.33 Å². The van der Waals surface area contributed by atoms with Crippen molar-refractivity contribution in [3.05, 3.63) is 17.7 Å². The van der Waals surface area contributed by atoms with Gasteiger partial charge >= 0.3 is 0 Å². The summed E-state index contributed by atoms with van der Waals surface area (Å²) < 4.78 is 0. The van der Waals surface area contributed by atoms with Crippen molar-refractivity contribution in [2.24, 2.45) is 4.99 Å². The Morgan fingerprint density at radius 1 is 1.46 bits per heavy atom. The second kappa shape index (κ2) is 3.98. The minimum atomic E-state index is 0.312. The molecule has 0 aliphatic rings. The smallest absolute Gasteiger partial charge is 0.116 e. The standard InChI is InChI=1S/C9H14N4/c1-6(2)9-8(10)7(4-11-3)12-5-13-9/h4-6H,10H2,1-3H3. The van der Waals surface area contributed by atoms with Crippen LogP contribution < -0.4 is 5.73 Å². The van der Waals surface area contributed by atoms with Gasteiger partial charge in [0.05, 0.1) is 11.4 Å². The molecule has 0 saturated heterocycles. The first-order chi connectivity index (χ1) is 6.16. The van der Waals surface area contributed by atoms with Crippen molar-refractivity contribution in [3.8, 4) is 0 Å². The van der Waals surface area contributed by atoms with Crippen molar-refractivity contribution in [3.63, 3.8) is 0 Å². The number of nitrogen functional groups attached to an aromatic ring is 1. The number of rotatable bonds is 2. The van der Waals surface area contributed by atoms with Crippen LogP contribution in [-0.4, -0.2) is 23.2 Å². The van der Waals surface area contributed by atoms with Gasteiger partial charge in [-0.3, -0.25) is 4.99 Å². The van der Waals surface area contributed by atoms with Gasteiger partial charge in [0.25, 0.3) is 0 Å². The average molecular weight is 178 g/mol. The van der Waals surface area contributed by atoms with Gasteiger partial charge in [-0.05, 0) is 5.92 Å². The topological polar surface area (TPSA) is 64.2 Å². The van der Waals surface area contributed by atoms with Crippen LogP contribution in [0.15, 0.2) is 11.3 Å². The minimum absolute atomic E-state index is 0.312. The minimum Gasteiger partial charge on any atom is -0.395 e. The third-order valence-corrected chi connectivity index (χ3v) is 1.74. The second-order valence-corrected chi connectivity index (χ2v) is 3.10. The molecule has 0 saturated carbocycles. The Balaban J connectivity index is 3.18. The second-order valence-electron chi connectivity index (χ2n) is 3.10. The molecule has 13 heavy (non-hydrogen) atoms. The van der Waals surface area contributed by atoms with Crippen LogP contribution in [0.25, 0.3) is 0 Å². The van der Waals surface area contributed by atoms with Crippen molar-refractivity contribution in [1.82, 2.24) is 9.97 Å². The van der Waals surface area contributed by atoms with E-state index >= 15 is 0 Å². The van der Waals surface area contributed by atoms with Gasteiger partial charge in [0, 0.05) is 13.3 Å². The molecule has 0 atom stereocenters. The first-order valence-corrected chi connectivity index (χ1v) is 4.19. The van der Waals surface area contributed by atoms with Crippen LogP contribution in [0.3, 0.4) is 0 Å². The number of nitrogens with two attached hydrogens (primary N) is 1. The number of hydrogen-bond acceptors (Lipinski definition) is 4. The summed E-state index contributed by atoms with van der Waals surface area (Å²) in [6.07, 6.45) is 3.16. The lowest BCUT2D eigenvalue weighted by atomic mass is 10.1. The zero-order valence-corrected chi connectivity index (χ0v) is 8.15. The van der Waals surface area contributed by atoms with Crippen LogP contribution in [0.1, 0.15) is 31.2 Å². The average Bonchev–Trinajstić information content (AvgIpc) is 2.08. The summed E-state index contributed by atoms with van der Waals surface area (Å²) in [5.74, 6) is 0.312. The molecule has 1 aromatic heterocycles. The van der Waals surface area contributed by atoms with Crippen LogP contribution in [0, 0.1) is 0 Å². The molecule has 4 heteroatoms. The summed E-state index contributed by atoms with van der Waals surface area (Å²) in [5, 5.41) is 0. The highest BCUT2D eigenvalue weighted by Gasteiger charge is 2.08. The van der Waals surface area contributed by atoms with Gasteiger partial charge in [0.2, 0.25) is 0 Å². The number of aliphatic imine (C=N–C) groups is 1. The summed E-state index contributed by atoms with van der Waals surface area (Å²) >= 11 is 0. The Labute approximate surface area is 77.9 Å². The Morgan fingerprint density at radius 2 is 2.15 bits per heavy atom. The Kier molecular flexibility index (Phi) is 2.95. The molecule has 0 bridgehead atoms. The first kappa shape index (κ1) is 9.64. The molecule has 1 rings (SSSR count). The highest BCUT2D eigenvalue weighted by atomic mass is 14.9. The molecule has 0 unspecified atom stereocenters. The maximum Gasteiger partial charge on any atom is 0.116 e. The van der Waals surface area contributed by atoms with E-state index in [0.717, 1.165) is 5.69 Å². The molecule has 1 heterocycles. The molecular formula is C9H14N4. The largest absolute Gasteiger partial charge is 0.395 e. The molecule has 4 nitrogen and oxygen atoms in total. The quantitative estimate of drug-likeness (QED) is 0.693. The van der Waals surface area contributed by atoms with Gasteiger partial charge < -0.3 is 5.73 Å². The van der Waals surface area contributed by atoms with Crippen LogP contribution in [0.4, 0.5) is 5.69 Å². The lowest BCUT2D eigenvalue weighted by Gasteiger charge is -2.08. The number of anilines is 1. The van der Waals surface area contributed by atoms with Crippen molar-refractivity contribution in [1.29, 1.82) is 0 Å². The predicted molar refractivity (Wildman–Crippen MR) is 54.1 cm³/mol. The number of aromatic nitrogens is 2. The van der Waals surface area contributed by atoms with Gasteiger partial charge in [0.1, 0.15) is 12.0 Å². The fraction of sp³-hybridized carbons (Fsp3) is 0.444. The van der Waals surface area contributed by atoms with Crippen LogP contribution in [0.5, 0.6) is 0 Å². The Bertz CT molecular complexity index is 317. The molecule has 0 radical (unpaired) electrons. The molecule has 0 aliphatic heterocycles.